The van der Waals surface area contributed by atoms with Crippen molar-refractivity contribution in [3.63, 3.8) is 0 Å². The van der Waals surface area contributed by atoms with Crippen LogP contribution >= 0.6 is 0 Å². The molecule has 0 bridgehead atoms. The van der Waals surface area contributed by atoms with Gasteiger partial charge < -0.3 is 20.5 Å². The van der Waals surface area contributed by atoms with E-state index < -0.39 is 17.6 Å². The number of carbonyl (C=O) groups excluding carboxylic acids is 1. The quantitative estimate of drug-likeness (QED) is 0.176. The number of imidazole rings is 2. The van der Waals surface area contributed by atoms with E-state index in [4.69, 9.17) is 0 Å². The zero-order valence-corrected chi connectivity index (χ0v) is 23.9. The summed E-state index contributed by atoms with van der Waals surface area (Å²) in [6.07, 6.45) is 4.74. The molecule has 11 nitrogen and oxygen atoms in total. The third-order valence-electron chi connectivity index (χ3n) is 6.72. The Bertz CT molecular complexity index is 1990. The molecular weight excluding hydrogens is 585 g/mol. The molecule has 14 heteroatoms. The van der Waals surface area contributed by atoms with Crippen LogP contribution in [-0.4, -0.2) is 40.0 Å². The van der Waals surface area contributed by atoms with Gasteiger partial charge in [-0.2, -0.15) is 13.2 Å². The fourth-order valence-electron chi connectivity index (χ4n) is 4.47. The maximum atomic E-state index is 13.7. The molecule has 6 aromatic rings. The van der Waals surface area contributed by atoms with Crippen molar-refractivity contribution >= 4 is 34.9 Å². The van der Waals surface area contributed by atoms with Gasteiger partial charge in [-0.1, -0.05) is 12.1 Å². The van der Waals surface area contributed by atoms with Gasteiger partial charge in [-0.25, -0.2) is 24.9 Å². The van der Waals surface area contributed by atoms with Crippen molar-refractivity contribution in [3.8, 4) is 11.5 Å². The van der Waals surface area contributed by atoms with E-state index >= 15 is 0 Å². The van der Waals surface area contributed by atoms with Gasteiger partial charge in [-0.3, -0.25) is 9.36 Å². The van der Waals surface area contributed by atoms with Crippen LogP contribution in [0.2, 0.25) is 0 Å². The van der Waals surface area contributed by atoms with E-state index in [1.54, 1.807) is 60.5 Å². The maximum absolute atomic E-state index is 13.7. The second-order valence-corrected chi connectivity index (χ2v) is 10.0. The van der Waals surface area contributed by atoms with Gasteiger partial charge in [0.1, 0.15) is 23.8 Å². The normalized spacial score (nSPS) is 11.3. The molecule has 226 valence electrons. The first-order valence-corrected chi connectivity index (χ1v) is 13.6. The molecule has 0 aliphatic carbocycles. The Labute approximate surface area is 254 Å². The average Bonchev–Trinajstić information content (AvgIpc) is 3.68. The monoisotopic (exact) mass is 610 g/mol. The highest BCUT2D eigenvalue weighted by atomic mass is 19.4. The first-order valence-electron chi connectivity index (χ1n) is 13.6. The summed E-state index contributed by atoms with van der Waals surface area (Å²) in [7, 11) is 0. The van der Waals surface area contributed by atoms with Crippen molar-refractivity contribution < 1.29 is 18.0 Å². The van der Waals surface area contributed by atoms with Crippen molar-refractivity contribution in [3.05, 3.63) is 120 Å². The van der Waals surface area contributed by atoms with Crippen molar-refractivity contribution in [2.24, 2.45) is 0 Å². The van der Waals surface area contributed by atoms with Gasteiger partial charge in [0.15, 0.2) is 0 Å². The number of hydrogen-bond donors (Lipinski definition) is 3. The van der Waals surface area contributed by atoms with Crippen LogP contribution in [0, 0.1) is 13.8 Å². The summed E-state index contributed by atoms with van der Waals surface area (Å²) < 4.78 is 44.3. The smallest absolute Gasteiger partial charge is 0.325 e. The van der Waals surface area contributed by atoms with Crippen LogP contribution in [0.5, 0.6) is 0 Å². The lowest BCUT2D eigenvalue weighted by Gasteiger charge is -2.15. The number of amides is 1. The minimum Gasteiger partial charge on any atom is -0.325 e. The molecule has 0 saturated carbocycles. The number of aryl methyl sites for hydroxylation is 2. The van der Waals surface area contributed by atoms with Crippen LogP contribution in [-0.2, 0) is 6.18 Å². The Kier molecular flexibility index (Phi) is 7.69. The minimum atomic E-state index is -4.65. The number of benzene rings is 2. The van der Waals surface area contributed by atoms with Crippen LogP contribution in [0.25, 0.3) is 11.5 Å². The number of aromatic nitrogens is 7. The molecule has 1 amide bonds. The first-order chi connectivity index (χ1) is 21.6. The van der Waals surface area contributed by atoms with Gasteiger partial charge in [-0.15, -0.1) is 0 Å². The molecule has 4 aromatic heterocycles. The third-order valence-corrected chi connectivity index (χ3v) is 6.72. The predicted octanol–water partition coefficient (Wildman–Crippen LogP) is 6.62. The molecule has 0 fully saturated rings. The van der Waals surface area contributed by atoms with Crippen LogP contribution in [0.15, 0.2) is 98.1 Å². The molecule has 4 heterocycles. The van der Waals surface area contributed by atoms with Crippen molar-refractivity contribution in [2.75, 3.05) is 16.0 Å². The number of hydrogen-bond acceptors (Lipinski definition) is 8. The lowest BCUT2D eigenvalue weighted by atomic mass is 10.1. The fraction of sp³-hybridized carbons (Fsp3) is 0.0968. The Balaban J connectivity index is 1.24. The summed E-state index contributed by atoms with van der Waals surface area (Å²) in [6, 6.07) is 15.5. The number of nitrogens with zero attached hydrogens (tertiary/aromatic N) is 7. The predicted molar refractivity (Wildman–Crippen MR) is 162 cm³/mol. The highest BCUT2D eigenvalue weighted by Crippen LogP contribution is 2.32. The Morgan fingerprint density at radius 2 is 1.71 bits per heavy atom. The summed E-state index contributed by atoms with van der Waals surface area (Å²) in [6.45, 7) is 3.59. The van der Waals surface area contributed by atoms with E-state index in [0.29, 0.717) is 40.5 Å². The molecule has 0 aliphatic rings. The summed E-state index contributed by atoms with van der Waals surface area (Å²) >= 11 is 0. The SMILES string of the molecule is Cc1cn(-c2cc(C(=O)Nc3ccc(C)c(Nc4nccn4-c4cc(Nc5ccccn5)ncn4)c3)cc(C(F)(F)F)c2)cn1. The molecular formula is C31H25F3N10O. The molecule has 6 rings (SSSR count). The second-order valence-electron chi connectivity index (χ2n) is 10.0. The van der Waals surface area contributed by atoms with E-state index in [9.17, 15) is 18.0 Å². The summed E-state index contributed by atoms with van der Waals surface area (Å²) in [5.41, 5.74) is 1.50. The van der Waals surface area contributed by atoms with Crippen LogP contribution < -0.4 is 16.0 Å². The lowest BCUT2D eigenvalue weighted by molar-refractivity contribution is -0.137. The van der Waals surface area contributed by atoms with E-state index in [1.165, 1.54) is 23.3 Å². The van der Waals surface area contributed by atoms with E-state index in [2.05, 4.69) is 40.9 Å². The Morgan fingerprint density at radius 1 is 0.844 bits per heavy atom. The second kappa shape index (κ2) is 11.9. The zero-order chi connectivity index (χ0) is 31.6. The molecule has 3 N–H and O–H groups in total. The summed E-state index contributed by atoms with van der Waals surface area (Å²) in [5.74, 6) is 1.41. The zero-order valence-electron chi connectivity index (χ0n) is 23.9. The Hall–Kier alpha value is -6.05. The average molecular weight is 611 g/mol. The molecule has 0 saturated heterocycles. The first kappa shape index (κ1) is 29.0. The van der Waals surface area contributed by atoms with Crippen molar-refractivity contribution in [1.82, 2.24) is 34.1 Å². The highest BCUT2D eigenvalue weighted by Gasteiger charge is 2.32. The largest absolute Gasteiger partial charge is 0.416 e. The third kappa shape index (κ3) is 6.64. The van der Waals surface area contributed by atoms with Crippen molar-refractivity contribution in [2.45, 2.75) is 20.0 Å². The molecule has 0 spiro atoms. The van der Waals surface area contributed by atoms with Crippen LogP contribution in [0.1, 0.15) is 27.2 Å². The van der Waals surface area contributed by atoms with Crippen LogP contribution in [0.3, 0.4) is 0 Å². The number of halogens is 3. The van der Waals surface area contributed by atoms with Crippen LogP contribution in [0.4, 0.5) is 42.1 Å². The molecule has 0 unspecified atom stereocenters. The number of alkyl halides is 3. The molecule has 2 aromatic carbocycles. The molecule has 0 aliphatic heterocycles. The summed E-state index contributed by atoms with van der Waals surface area (Å²) in [4.78, 5) is 34.6. The molecule has 0 atom stereocenters. The fourth-order valence-corrected chi connectivity index (χ4v) is 4.47. The Morgan fingerprint density at radius 3 is 2.47 bits per heavy atom. The van der Waals surface area contributed by atoms with E-state index in [1.807, 2.05) is 25.1 Å². The number of anilines is 5. The standard InChI is InChI=1S/C31H25F3N10O/c1-19-6-7-23(40-29(45)21-11-22(31(32,33)34)13-24(12-21)43-16-20(2)39-18-43)14-25(19)41-30-36-9-10-44(30)28-15-27(37-17-38-28)42-26-5-3-4-8-35-26/h3-18H,1-2H3,(H,36,41)(H,40,45)(H,35,37,38,42). The van der Waals surface area contributed by atoms with Gasteiger partial charge in [-0.05, 0) is 61.9 Å². The number of nitrogens with one attached hydrogen (secondary N) is 3. The van der Waals surface area contributed by atoms with Gasteiger partial charge in [0.05, 0.1) is 17.6 Å². The van der Waals surface area contributed by atoms with E-state index in [-0.39, 0.29) is 11.3 Å². The number of carbonyl (C=O) groups is 1. The van der Waals surface area contributed by atoms with Gasteiger partial charge in [0.2, 0.25) is 5.95 Å². The van der Waals surface area contributed by atoms with Gasteiger partial charge in [0, 0.05) is 53.5 Å². The van der Waals surface area contributed by atoms with E-state index in [0.717, 1.165) is 17.7 Å². The maximum Gasteiger partial charge on any atom is 0.416 e. The lowest BCUT2D eigenvalue weighted by Crippen LogP contribution is -2.15. The highest BCUT2D eigenvalue weighted by molar-refractivity contribution is 6.05. The molecule has 0 radical (unpaired) electrons. The van der Waals surface area contributed by atoms with Gasteiger partial charge >= 0.3 is 6.18 Å². The number of pyridine rings is 1. The number of rotatable bonds is 8. The minimum absolute atomic E-state index is 0.157. The van der Waals surface area contributed by atoms with Gasteiger partial charge in [0.25, 0.3) is 5.91 Å². The van der Waals surface area contributed by atoms with Crippen molar-refractivity contribution in [1.29, 1.82) is 0 Å². The summed E-state index contributed by atoms with van der Waals surface area (Å²) in [5, 5.41) is 9.09. The topological polar surface area (TPSA) is 127 Å². The molecule has 45 heavy (non-hydrogen) atoms.